The molecule has 0 aromatic rings. The molecule has 152 valence electrons. The van der Waals surface area contributed by atoms with Crippen LogP contribution in [0.15, 0.2) is 0 Å². The van der Waals surface area contributed by atoms with Gasteiger partial charge >= 0.3 is 0 Å². The standard InChI is InChI=1S/C20H44N.HI.2H2O/c1-5-9-13-17-21(18-14-10-6-2,19-15-11-7-3)20-16-12-8-4;;;/h5-20H2,1-4H3;1H;2*1H2/q+1;;;/p-1. The Morgan fingerprint density at radius 3 is 0.792 bits per heavy atom. The van der Waals surface area contributed by atoms with E-state index in [0.29, 0.717) is 0 Å². The molecule has 0 unspecified atom stereocenters. The predicted molar refractivity (Wildman–Crippen MR) is 105 cm³/mol. The van der Waals surface area contributed by atoms with Gasteiger partial charge in [-0.05, 0) is 51.4 Å². The first-order chi connectivity index (χ1) is 10.2. The van der Waals surface area contributed by atoms with Crippen molar-refractivity contribution >= 4 is 0 Å². The average Bonchev–Trinajstić information content (AvgIpc) is 2.48. The molecule has 0 aliphatic heterocycles. The Bertz CT molecular complexity index is 170. The summed E-state index contributed by atoms with van der Waals surface area (Å²) >= 11 is 0. The predicted octanol–water partition coefficient (Wildman–Crippen LogP) is 1.92. The summed E-state index contributed by atoms with van der Waals surface area (Å²) in [5.74, 6) is 0. The summed E-state index contributed by atoms with van der Waals surface area (Å²) in [6, 6.07) is 0. The molecule has 0 aromatic heterocycles. The van der Waals surface area contributed by atoms with Crippen LogP contribution in [0.5, 0.6) is 0 Å². The lowest BCUT2D eigenvalue weighted by molar-refractivity contribution is -0.929. The number of hydrogen-bond donors (Lipinski definition) is 0. The highest BCUT2D eigenvalue weighted by atomic mass is 127. The minimum Gasteiger partial charge on any atom is -1.00 e. The second kappa shape index (κ2) is 23.6. The van der Waals surface area contributed by atoms with Crippen molar-refractivity contribution < 1.29 is 39.4 Å². The number of halogens is 1. The first kappa shape index (κ1) is 32.3. The van der Waals surface area contributed by atoms with Crippen LogP contribution >= 0.6 is 0 Å². The molecule has 0 saturated heterocycles. The quantitative estimate of drug-likeness (QED) is 0.192. The van der Waals surface area contributed by atoms with Crippen LogP contribution in [0.1, 0.15) is 105 Å². The highest BCUT2D eigenvalue weighted by Crippen LogP contribution is 2.18. The van der Waals surface area contributed by atoms with Crippen LogP contribution in [0.2, 0.25) is 0 Å². The van der Waals surface area contributed by atoms with Gasteiger partial charge in [0.05, 0.1) is 26.2 Å². The maximum absolute atomic E-state index is 2.33. The van der Waals surface area contributed by atoms with Crippen molar-refractivity contribution in [2.75, 3.05) is 26.2 Å². The molecule has 3 nitrogen and oxygen atoms in total. The number of nitrogens with zero attached hydrogens (tertiary/aromatic N) is 1. The van der Waals surface area contributed by atoms with Gasteiger partial charge in [-0.2, -0.15) is 0 Å². The second-order valence-corrected chi connectivity index (χ2v) is 7.06. The Morgan fingerprint density at radius 2 is 0.625 bits per heavy atom. The van der Waals surface area contributed by atoms with E-state index in [1.165, 1.54) is 108 Å². The smallest absolute Gasteiger partial charge is 0.0786 e. The molecule has 0 spiro atoms. The van der Waals surface area contributed by atoms with Crippen molar-refractivity contribution in [2.45, 2.75) is 105 Å². The summed E-state index contributed by atoms with van der Waals surface area (Å²) in [6.45, 7) is 15.1. The number of hydrogen-bond acceptors (Lipinski definition) is 0. The molecule has 24 heavy (non-hydrogen) atoms. The summed E-state index contributed by atoms with van der Waals surface area (Å²) < 4.78 is 1.44. The highest BCUT2D eigenvalue weighted by molar-refractivity contribution is 4.51. The fourth-order valence-corrected chi connectivity index (χ4v) is 3.46. The number of rotatable bonds is 16. The van der Waals surface area contributed by atoms with E-state index in [9.17, 15) is 0 Å². The zero-order valence-corrected chi connectivity index (χ0v) is 19.3. The molecule has 0 aromatic carbocycles. The van der Waals surface area contributed by atoms with Crippen molar-refractivity contribution in [3.63, 3.8) is 0 Å². The van der Waals surface area contributed by atoms with Gasteiger partial charge in [0.1, 0.15) is 0 Å². The first-order valence-corrected chi connectivity index (χ1v) is 10.1. The molecule has 4 N–H and O–H groups in total. The summed E-state index contributed by atoms with van der Waals surface area (Å²) in [6.07, 6.45) is 16.9. The van der Waals surface area contributed by atoms with Gasteiger partial charge in [-0.25, -0.2) is 0 Å². The third-order valence-corrected chi connectivity index (χ3v) is 4.94. The molecule has 0 bridgehead atoms. The lowest BCUT2D eigenvalue weighted by Crippen LogP contribution is -3.00. The van der Waals surface area contributed by atoms with Gasteiger partial charge in [0, 0.05) is 0 Å². The molecule has 0 heterocycles. The molecule has 0 aliphatic rings. The molecule has 0 atom stereocenters. The van der Waals surface area contributed by atoms with Gasteiger partial charge in [0.2, 0.25) is 0 Å². The van der Waals surface area contributed by atoms with E-state index in [1.807, 2.05) is 0 Å². The second-order valence-electron chi connectivity index (χ2n) is 7.06. The van der Waals surface area contributed by atoms with Crippen molar-refractivity contribution in [2.24, 2.45) is 0 Å². The molecule has 0 fully saturated rings. The molecule has 4 heteroatoms. The topological polar surface area (TPSA) is 63.0 Å². The molecule has 0 rings (SSSR count). The molecule has 0 saturated carbocycles. The summed E-state index contributed by atoms with van der Waals surface area (Å²) in [4.78, 5) is 0. The third-order valence-electron chi connectivity index (χ3n) is 4.94. The van der Waals surface area contributed by atoms with Crippen LogP contribution in [0.3, 0.4) is 0 Å². The lowest BCUT2D eigenvalue weighted by Gasteiger charge is -2.39. The van der Waals surface area contributed by atoms with Crippen molar-refractivity contribution in [3.8, 4) is 0 Å². The van der Waals surface area contributed by atoms with Gasteiger partial charge in [-0.1, -0.05) is 53.4 Å². The monoisotopic (exact) mass is 461 g/mol. The van der Waals surface area contributed by atoms with Gasteiger partial charge in [-0.15, -0.1) is 0 Å². The fourth-order valence-electron chi connectivity index (χ4n) is 3.46. The summed E-state index contributed by atoms with van der Waals surface area (Å²) in [7, 11) is 0. The Hall–Kier alpha value is 0.610. The minimum absolute atomic E-state index is 0. The van der Waals surface area contributed by atoms with Gasteiger partial charge < -0.3 is 39.4 Å². The lowest BCUT2D eigenvalue weighted by atomic mass is 10.1. The van der Waals surface area contributed by atoms with E-state index in [0.717, 1.165) is 0 Å². The van der Waals surface area contributed by atoms with Crippen molar-refractivity contribution in [1.29, 1.82) is 0 Å². The van der Waals surface area contributed by atoms with E-state index < -0.39 is 0 Å². The van der Waals surface area contributed by atoms with Crippen molar-refractivity contribution in [1.82, 2.24) is 0 Å². The van der Waals surface area contributed by atoms with E-state index in [2.05, 4.69) is 27.7 Å². The average molecular weight is 462 g/mol. The third kappa shape index (κ3) is 17.4. The molecule has 0 radical (unpaired) electrons. The summed E-state index contributed by atoms with van der Waals surface area (Å²) in [5, 5.41) is 0. The fraction of sp³-hybridized carbons (Fsp3) is 1.00. The largest absolute Gasteiger partial charge is 1.00 e. The first-order valence-electron chi connectivity index (χ1n) is 10.1. The maximum Gasteiger partial charge on any atom is 0.0786 e. The zero-order valence-electron chi connectivity index (χ0n) is 17.1. The number of unbranched alkanes of at least 4 members (excludes halogenated alkanes) is 8. The Kier molecular flexibility index (Phi) is 31.8. The van der Waals surface area contributed by atoms with E-state index >= 15 is 0 Å². The van der Waals surface area contributed by atoms with Crippen LogP contribution in [-0.2, 0) is 0 Å². The number of quaternary nitrogens is 1. The molecule has 0 aliphatic carbocycles. The van der Waals surface area contributed by atoms with Crippen molar-refractivity contribution in [3.05, 3.63) is 0 Å². The Labute approximate surface area is 170 Å². The van der Waals surface area contributed by atoms with E-state index in [1.54, 1.807) is 0 Å². The summed E-state index contributed by atoms with van der Waals surface area (Å²) in [5.41, 5.74) is 0. The van der Waals surface area contributed by atoms with Crippen LogP contribution < -0.4 is 24.0 Å². The Balaban J connectivity index is -0.000000667. The van der Waals surface area contributed by atoms with Crippen LogP contribution in [0.25, 0.3) is 0 Å². The molecule has 0 amide bonds. The normalized spacial score (nSPS) is 10.5. The molecular formula is C20H48INO2. The van der Waals surface area contributed by atoms with E-state index in [-0.39, 0.29) is 34.9 Å². The highest BCUT2D eigenvalue weighted by Gasteiger charge is 2.25. The Morgan fingerprint density at radius 1 is 0.417 bits per heavy atom. The van der Waals surface area contributed by atoms with Gasteiger partial charge in [0.25, 0.3) is 0 Å². The van der Waals surface area contributed by atoms with Crippen LogP contribution in [-0.4, -0.2) is 41.6 Å². The zero-order chi connectivity index (χ0) is 15.8. The van der Waals surface area contributed by atoms with Gasteiger partial charge in [0.15, 0.2) is 0 Å². The van der Waals surface area contributed by atoms with Crippen LogP contribution in [0, 0.1) is 0 Å². The molecular weight excluding hydrogens is 413 g/mol. The van der Waals surface area contributed by atoms with Gasteiger partial charge in [-0.3, -0.25) is 0 Å². The van der Waals surface area contributed by atoms with Crippen LogP contribution in [0.4, 0.5) is 0 Å². The van der Waals surface area contributed by atoms with E-state index in [4.69, 9.17) is 0 Å². The minimum atomic E-state index is 0. The maximum atomic E-state index is 2.33. The SMILES string of the molecule is CCCCC[N+](CCCCC)(CCCCC)CCCCC.O.O.[I-].